The molecule has 6 heteroatoms. The van der Waals surface area contributed by atoms with Crippen LogP contribution >= 0.6 is 0 Å². The molecule has 0 amide bonds. The summed E-state index contributed by atoms with van der Waals surface area (Å²) in [4.78, 5) is 18.3. The quantitative estimate of drug-likeness (QED) is 0.800. The van der Waals surface area contributed by atoms with Gasteiger partial charge in [0.15, 0.2) is 11.5 Å². The summed E-state index contributed by atoms with van der Waals surface area (Å²) in [5.74, 6) is 0.734. The van der Waals surface area contributed by atoms with Crippen molar-refractivity contribution in [2.75, 3.05) is 14.2 Å². The highest BCUT2D eigenvalue weighted by Gasteiger charge is 2.13. The second-order valence-corrected chi connectivity index (χ2v) is 4.58. The van der Waals surface area contributed by atoms with Crippen LogP contribution in [0, 0.1) is 6.92 Å². The fraction of sp³-hybridized carbons (Fsp3) is 0.200. The Morgan fingerprint density at radius 1 is 1.14 bits per heavy atom. The molecule has 0 aliphatic rings. The van der Waals surface area contributed by atoms with Crippen LogP contribution in [0.4, 0.5) is 0 Å². The van der Waals surface area contributed by atoms with Crippen molar-refractivity contribution in [2.45, 2.75) is 6.92 Å². The van der Waals surface area contributed by atoms with E-state index in [2.05, 4.69) is 9.97 Å². The highest BCUT2D eigenvalue weighted by molar-refractivity contribution is 5.89. The van der Waals surface area contributed by atoms with Gasteiger partial charge in [0.25, 0.3) is 0 Å². The Morgan fingerprint density at radius 2 is 1.90 bits per heavy atom. The third-order valence-corrected chi connectivity index (χ3v) is 3.23. The van der Waals surface area contributed by atoms with Crippen LogP contribution < -0.4 is 15.2 Å². The minimum atomic E-state index is -0.523. The molecule has 3 aromatic rings. The minimum absolute atomic E-state index is 0.296. The molecule has 0 bridgehead atoms. The van der Waals surface area contributed by atoms with Crippen LogP contribution in [0.5, 0.6) is 11.5 Å². The number of aryl methyl sites for hydroxylation is 1. The molecule has 0 fully saturated rings. The number of rotatable bonds is 3. The number of ether oxygens (including phenoxy) is 2. The van der Waals surface area contributed by atoms with Gasteiger partial charge in [-0.1, -0.05) is 6.07 Å². The number of H-pyrrole nitrogens is 1. The van der Waals surface area contributed by atoms with Crippen LogP contribution in [-0.2, 0) is 0 Å². The maximum atomic E-state index is 11.4. The normalized spacial score (nSPS) is 10.8. The molecule has 21 heavy (non-hydrogen) atoms. The van der Waals surface area contributed by atoms with E-state index >= 15 is 0 Å². The van der Waals surface area contributed by atoms with Crippen molar-refractivity contribution in [1.82, 2.24) is 9.97 Å². The molecule has 1 aromatic carbocycles. The number of methoxy groups -OCH3 is 2. The third-order valence-electron chi connectivity index (χ3n) is 3.23. The SMILES string of the molecule is COc1ccc(-c2cc(C)nc3oc(=O)[nH]c23)cc1OC. The van der Waals surface area contributed by atoms with E-state index in [4.69, 9.17) is 13.9 Å². The van der Waals surface area contributed by atoms with E-state index in [1.807, 2.05) is 31.2 Å². The molecule has 0 aliphatic heterocycles. The van der Waals surface area contributed by atoms with E-state index < -0.39 is 5.76 Å². The number of hydrogen-bond acceptors (Lipinski definition) is 5. The number of nitrogens with zero attached hydrogens (tertiary/aromatic N) is 1. The first-order valence-corrected chi connectivity index (χ1v) is 6.35. The Kier molecular flexibility index (Phi) is 3.13. The summed E-state index contributed by atoms with van der Waals surface area (Å²) in [6, 6.07) is 7.43. The molecule has 6 nitrogen and oxygen atoms in total. The molecule has 1 N–H and O–H groups in total. The van der Waals surface area contributed by atoms with Gasteiger partial charge in [0.2, 0.25) is 5.71 Å². The highest BCUT2D eigenvalue weighted by Crippen LogP contribution is 2.34. The molecule has 0 radical (unpaired) electrons. The molecular weight excluding hydrogens is 272 g/mol. The van der Waals surface area contributed by atoms with Gasteiger partial charge in [-0.05, 0) is 30.7 Å². The lowest BCUT2D eigenvalue weighted by atomic mass is 10.0. The number of aromatic nitrogens is 2. The molecule has 2 heterocycles. The summed E-state index contributed by atoms with van der Waals surface area (Å²) in [5, 5.41) is 0. The van der Waals surface area contributed by atoms with Gasteiger partial charge in [-0.15, -0.1) is 0 Å². The summed E-state index contributed by atoms with van der Waals surface area (Å²) in [6.45, 7) is 1.84. The predicted octanol–water partition coefficient (Wildman–Crippen LogP) is 2.51. The highest BCUT2D eigenvalue weighted by atomic mass is 16.5. The van der Waals surface area contributed by atoms with Crippen molar-refractivity contribution in [2.24, 2.45) is 0 Å². The summed E-state index contributed by atoms with van der Waals surface area (Å²) < 4.78 is 15.6. The molecule has 2 aromatic heterocycles. The fourth-order valence-corrected chi connectivity index (χ4v) is 2.29. The number of hydrogen-bond donors (Lipinski definition) is 1. The monoisotopic (exact) mass is 286 g/mol. The minimum Gasteiger partial charge on any atom is -0.493 e. The standard InChI is InChI=1S/C15H14N2O4/c1-8-6-10(13-14(16-8)21-15(18)17-13)9-4-5-11(19-2)12(7-9)20-3/h4-7H,1-3H3,(H,17,18). The molecule has 0 saturated heterocycles. The van der Waals surface area contributed by atoms with Gasteiger partial charge in [-0.2, -0.15) is 0 Å². The van der Waals surface area contributed by atoms with E-state index in [1.54, 1.807) is 14.2 Å². The van der Waals surface area contributed by atoms with Crippen LogP contribution in [0.2, 0.25) is 0 Å². The van der Waals surface area contributed by atoms with Gasteiger partial charge in [0, 0.05) is 11.3 Å². The maximum Gasteiger partial charge on any atom is 0.418 e. The van der Waals surface area contributed by atoms with E-state index in [1.165, 1.54) is 0 Å². The Hall–Kier alpha value is -2.76. The van der Waals surface area contributed by atoms with Crippen LogP contribution in [0.1, 0.15) is 5.69 Å². The molecule has 0 saturated carbocycles. The van der Waals surface area contributed by atoms with Crippen molar-refractivity contribution in [3.8, 4) is 22.6 Å². The van der Waals surface area contributed by atoms with Crippen LogP contribution in [0.15, 0.2) is 33.5 Å². The number of pyridine rings is 1. The van der Waals surface area contributed by atoms with Gasteiger partial charge < -0.3 is 13.9 Å². The van der Waals surface area contributed by atoms with Crippen LogP contribution in [0.25, 0.3) is 22.4 Å². The van der Waals surface area contributed by atoms with Crippen molar-refractivity contribution < 1.29 is 13.9 Å². The Bertz CT molecular complexity index is 864. The number of benzene rings is 1. The predicted molar refractivity (Wildman–Crippen MR) is 77.9 cm³/mol. The van der Waals surface area contributed by atoms with Gasteiger partial charge in [0.1, 0.15) is 5.52 Å². The Morgan fingerprint density at radius 3 is 2.62 bits per heavy atom. The summed E-state index contributed by atoms with van der Waals surface area (Å²) >= 11 is 0. The zero-order chi connectivity index (χ0) is 15.0. The van der Waals surface area contributed by atoms with Gasteiger partial charge >= 0.3 is 5.76 Å². The van der Waals surface area contributed by atoms with Crippen LogP contribution in [-0.4, -0.2) is 24.2 Å². The molecule has 0 spiro atoms. The first-order valence-electron chi connectivity index (χ1n) is 6.35. The van der Waals surface area contributed by atoms with Gasteiger partial charge in [-0.25, -0.2) is 9.78 Å². The lowest BCUT2D eigenvalue weighted by Gasteiger charge is -2.10. The number of nitrogens with one attached hydrogen (secondary N) is 1. The van der Waals surface area contributed by atoms with E-state index in [-0.39, 0.29) is 0 Å². The van der Waals surface area contributed by atoms with Crippen molar-refractivity contribution in [3.05, 3.63) is 40.5 Å². The summed E-state index contributed by atoms with van der Waals surface area (Å²) in [6.07, 6.45) is 0. The van der Waals surface area contributed by atoms with Gasteiger partial charge in [0.05, 0.1) is 14.2 Å². The first kappa shape index (κ1) is 13.2. The maximum absolute atomic E-state index is 11.4. The average molecular weight is 286 g/mol. The smallest absolute Gasteiger partial charge is 0.418 e. The van der Waals surface area contributed by atoms with E-state index in [0.29, 0.717) is 22.7 Å². The lowest BCUT2D eigenvalue weighted by Crippen LogP contribution is -1.94. The topological polar surface area (TPSA) is 77.4 Å². The molecular formula is C15H14N2O4. The first-order chi connectivity index (χ1) is 10.1. The number of fused-ring (bicyclic) bond motifs is 1. The fourth-order valence-electron chi connectivity index (χ4n) is 2.29. The summed E-state index contributed by atoms with van der Waals surface area (Å²) in [7, 11) is 3.16. The zero-order valence-electron chi connectivity index (χ0n) is 11.9. The Labute approximate surface area is 120 Å². The van der Waals surface area contributed by atoms with Gasteiger partial charge in [-0.3, -0.25) is 4.98 Å². The van der Waals surface area contributed by atoms with E-state index in [9.17, 15) is 4.79 Å². The van der Waals surface area contributed by atoms with Crippen molar-refractivity contribution in [3.63, 3.8) is 0 Å². The number of oxazole rings is 1. The molecule has 108 valence electrons. The molecule has 0 aliphatic carbocycles. The largest absolute Gasteiger partial charge is 0.493 e. The van der Waals surface area contributed by atoms with E-state index in [0.717, 1.165) is 16.8 Å². The van der Waals surface area contributed by atoms with Crippen molar-refractivity contribution >= 4 is 11.2 Å². The second kappa shape index (κ2) is 4.97. The van der Waals surface area contributed by atoms with Crippen LogP contribution in [0.3, 0.4) is 0 Å². The third kappa shape index (κ3) is 2.24. The zero-order valence-corrected chi connectivity index (χ0v) is 11.9. The number of aromatic amines is 1. The lowest BCUT2D eigenvalue weighted by molar-refractivity contribution is 0.355. The second-order valence-electron chi connectivity index (χ2n) is 4.58. The molecule has 0 atom stereocenters. The Balaban J connectivity index is 2.27. The molecule has 0 unspecified atom stereocenters. The summed E-state index contributed by atoms with van der Waals surface area (Å²) in [5.41, 5.74) is 3.32. The molecule has 3 rings (SSSR count). The average Bonchev–Trinajstić information content (AvgIpc) is 2.85. The van der Waals surface area contributed by atoms with Crippen molar-refractivity contribution in [1.29, 1.82) is 0 Å².